The molecule has 1 amide bonds. The fourth-order valence-corrected chi connectivity index (χ4v) is 4.74. The van der Waals surface area contributed by atoms with Crippen molar-refractivity contribution in [2.45, 2.75) is 19.3 Å². The summed E-state index contributed by atoms with van der Waals surface area (Å²) in [7, 11) is 0. The van der Waals surface area contributed by atoms with Crippen LogP contribution in [0.1, 0.15) is 31.4 Å². The van der Waals surface area contributed by atoms with Crippen LogP contribution in [-0.2, 0) is 24.1 Å². The minimum atomic E-state index is -4.85. The van der Waals surface area contributed by atoms with Gasteiger partial charge >= 0.3 is 6.18 Å². The van der Waals surface area contributed by atoms with Crippen molar-refractivity contribution in [1.82, 2.24) is 20.0 Å². The van der Waals surface area contributed by atoms with E-state index in [2.05, 4.69) is 15.3 Å². The topological polar surface area (TPSA) is 98.1 Å². The molecule has 3 heterocycles. The Bertz CT molecular complexity index is 1460. The monoisotopic (exact) mass is 505 g/mol. The van der Waals surface area contributed by atoms with Crippen molar-refractivity contribution in [1.29, 1.82) is 0 Å². The number of amides is 1. The first kappa shape index (κ1) is 22.2. The van der Waals surface area contributed by atoms with E-state index in [-0.39, 0.29) is 28.1 Å². The summed E-state index contributed by atoms with van der Waals surface area (Å²) in [6.07, 6.45) is -3.52. The molecule has 0 radical (unpaired) electrons. The minimum absolute atomic E-state index is 0.0918. The molecule has 2 aromatic heterocycles. The van der Waals surface area contributed by atoms with Gasteiger partial charge in [-0.2, -0.15) is 13.2 Å². The van der Waals surface area contributed by atoms with Crippen LogP contribution in [0.5, 0.6) is 0 Å². The van der Waals surface area contributed by atoms with E-state index >= 15 is 0 Å². The zero-order chi connectivity index (χ0) is 24.2. The van der Waals surface area contributed by atoms with Gasteiger partial charge in [-0.05, 0) is 24.3 Å². The van der Waals surface area contributed by atoms with Crippen molar-refractivity contribution in [2.24, 2.45) is 0 Å². The van der Waals surface area contributed by atoms with Gasteiger partial charge in [-0.25, -0.2) is 9.67 Å². The van der Waals surface area contributed by atoms with Crippen LogP contribution in [0.15, 0.2) is 42.6 Å². The molecule has 34 heavy (non-hydrogen) atoms. The van der Waals surface area contributed by atoms with Crippen molar-refractivity contribution >= 4 is 56.3 Å². The fraction of sp³-hybridized carbons (Fsp3) is 0.143. The van der Waals surface area contributed by atoms with Crippen molar-refractivity contribution in [2.75, 3.05) is 4.90 Å². The predicted octanol–water partition coefficient (Wildman–Crippen LogP) is 4.17. The average molecular weight is 506 g/mol. The van der Waals surface area contributed by atoms with E-state index in [1.165, 1.54) is 22.2 Å². The molecular weight excluding hydrogens is 495 g/mol. The van der Waals surface area contributed by atoms with E-state index < -0.39 is 41.2 Å². The molecule has 0 bridgehead atoms. The molecule has 0 aliphatic carbocycles. The first-order chi connectivity index (χ1) is 16.1. The smallest absolute Gasteiger partial charge is 0.298 e. The van der Waals surface area contributed by atoms with Gasteiger partial charge in [0.05, 0.1) is 39.8 Å². The lowest BCUT2D eigenvalue weighted by atomic mass is 10.1. The number of ketones is 2. The Balaban J connectivity index is 1.40. The molecule has 0 spiro atoms. The first-order valence-corrected chi connectivity index (χ1v) is 10.9. The van der Waals surface area contributed by atoms with Gasteiger partial charge in [0, 0.05) is 5.02 Å². The first-order valence-electron chi connectivity index (χ1n) is 9.66. The standard InChI is InChI=1S/C21H11ClF3N5O3S/c22-10-5-12-17(13(6-10)21(23,24)25)30(20(33)18(12)32)8-11-7-29(28-27-11)9-15(31)19-26-14-3-1-2-4-16(14)34-19/h1-7H,8-9H2. The molecule has 4 aromatic rings. The summed E-state index contributed by atoms with van der Waals surface area (Å²) in [5.41, 5.74) is -1.43. The van der Waals surface area contributed by atoms with Crippen molar-refractivity contribution in [3.63, 3.8) is 0 Å². The Morgan fingerprint density at radius 3 is 2.65 bits per heavy atom. The molecule has 1 aliphatic rings. The highest BCUT2D eigenvalue weighted by molar-refractivity contribution is 7.20. The lowest BCUT2D eigenvalue weighted by molar-refractivity contribution is -0.137. The summed E-state index contributed by atoms with van der Waals surface area (Å²) in [6, 6.07) is 8.95. The summed E-state index contributed by atoms with van der Waals surface area (Å²) < 4.78 is 42.8. The van der Waals surface area contributed by atoms with Crippen LogP contribution in [0, 0.1) is 0 Å². The molecular formula is C21H11ClF3N5O3S. The molecule has 0 saturated carbocycles. The number of alkyl halides is 3. The van der Waals surface area contributed by atoms with Gasteiger partial charge in [-0.1, -0.05) is 28.9 Å². The number of thiazole rings is 1. The maximum Gasteiger partial charge on any atom is 0.418 e. The van der Waals surface area contributed by atoms with Gasteiger partial charge in [-0.3, -0.25) is 19.3 Å². The summed E-state index contributed by atoms with van der Waals surface area (Å²) in [4.78, 5) is 42.3. The summed E-state index contributed by atoms with van der Waals surface area (Å²) >= 11 is 6.97. The lowest BCUT2D eigenvalue weighted by Crippen LogP contribution is -2.30. The quantitative estimate of drug-likeness (QED) is 0.298. The second-order valence-corrected chi connectivity index (χ2v) is 8.85. The molecule has 0 saturated heterocycles. The number of aromatic nitrogens is 4. The van der Waals surface area contributed by atoms with Gasteiger partial charge in [-0.15, -0.1) is 16.4 Å². The van der Waals surface area contributed by atoms with Crippen LogP contribution >= 0.6 is 22.9 Å². The van der Waals surface area contributed by atoms with Crippen molar-refractivity contribution < 1.29 is 27.6 Å². The Morgan fingerprint density at radius 2 is 1.91 bits per heavy atom. The van der Waals surface area contributed by atoms with Gasteiger partial charge in [0.15, 0.2) is 5.01 Å². The lowest BCUT2D eigenvalue weighted by Gasteiger charge is -2.20. The van der Waals surface area contributed by atoms with Crippen LogP contribution in [0.25, 0.3) is 10.2 Å². The Kier molecular flexibility index (Phi) is 5.21. The Hall–Kier alpha value is -3.64. The van der Waals surface area contributed by atoms with Gasteiger partial charge in [0.1, 0.15) is 12.2 Å². The predicted molar refractivity (Wildman–Crippen MR) is 116 cm³/mol. The third-order valence-corrected chi connectivity index (χ3v) is 6.37. The highest BCUT2D eigenvalue weighted by Gasteiger charge is 2.45. The number of hydrogen-bond acceptors (Lipinski definition) is 7. The van der Waals surface area contributed by atoms with Gasteiger partial charge in [0.2, 0.25) is 5.78 Å². The van der Waals surface area contributed by atoms with E-state index in [4.69, 9.17) is 11.6 Å². The zero-order valence-corrected chi connectivity index (χ0v) is 18.4. The maximum atomic E-state index is 13.6. The average Bonchev–Trinajstić information content (AvgIpc) is 3.47. The van der Waals surface area contributed by atoms with Crippen LogP contribution in [-0.4, -0.2) is 37.5 Å². The molecule has 0 fully saturated rings. The van der Waals surface area contributed by atoms with Crippen LogP contribution in [0.4, 0.5) is 18.9 Å². The number of para-hydroxylation sites is 1. The van der Waals surface area contributed by atoms with Crippen LogP contribution in [0.3, 0.4) is 0 Å². The number of hydrogen-bond donors (Lipinski definition) is 0. The minimum Gasteiger partial charge on any atom is -0.298 e. The third kappa shape index (κ3) is 3.84. The molecule has 0 N–H and O–H groups in total. The fourth-order valence-electron chi connectivity index (χ4n) is 3.63. The van der Waals surface area contributed by atoms with Crippen LogP contribution < -0.4 is 4.90 Å². The summed E-state index contributed by atoms with van der Waals surface area (Å²) in [6.45, 7) is -0.655. The van der Waals surface area contributed by atoms with Crippen molar-refractivity contribution in [3.8, 4) is 0 Å². The van der Waals surface area contributed by atoms with Crippen molar-refractivity contribution in [3.05, 3.63) is 69.4 Å². The second kappa shape index (κ2) is 7.99. The van der Waals surface area contributed by atoms with Gasteiger partial charge < -0.3 is 0 Å². The summed E-state index contributed by atoms with van der Waals surface area (Å²) in [5, 5.41) is 7.63. The molecule has 5 rings (SSSR count). The Labute approximate surface area is 197 Å². The SMILES string of the molecule is O=C(Cn1cc(CN2C(=O)C(=O)c3cc(Cl)cc(C(F)(F)F)c32)nn1)c1nc2ccccc2s1. The second-order valence-electron chi connectivity index (χ2n) is 7.39. The number of halogens is 4. The third-order valence-electron chi connectivity index (χ3n) is 5.08. The molecule has 13 heteroatoms. The van der Waals surface area contributed by atoms with E-state index in [1.807, 2.05) is 12.1 Å². The number of Topliss-reactive ketones (excluding diaryl/α,β-unsaturated/α-hetero) is 2. The molecule has 0 atom stereocenters. The summed E-state index contributed by atoms with van der Waals surface area (Å²) in [5.74, 6) is -2.56. The largest absolute Gasteiger partial charge is 0.418 e. The molecule has 8 nitrogen and oxygen atoms in total. The zero-order valence-electron chi connectivity index (χ0n) is 16.8. The molecule has 1 aliphatic heterocycles. The van der Waals surface area contributed by atoms with Gasteiger partial charge in [0.25, 0.3) is 11.7 Å². The number of carbonyl (C=O) groups excluding carboxylic acids is 3. The normalized spacial score (nSPS) is 13.7. The highest BCUT2D eigenvalue weighted by atomic mass is 35.5. The molecule has 2 aromatic carbocycles. The van der Waals surface area contributed by atoms with Crippen LogP contribution in [0.2, 0.25) is 5.02 Å². The number of carbonyl (C=O) groups is 3. The van der Waals surface area contributed by atoms with E-state index in [0.717, 1.165) is 10.8 Å². The number of anilines is 1. The van der Waals surface area contributed by atoms with E-state index in [9.17, 15) is 27.6 Å². The number of fused-ring (bicyclic) bond motifs is 2. The highest BCUT2D eigenvalue weighted by Crippen LogP contribution is 2.44. The molecule has 0 unspecified atom stereocenters. The number of rotatable bonds is 5. The Morgan fingerprint density at radius 1 is 1.15 bits per heavy atom. The number of nitrogens with zero attached hydrogens (tertiary/aromatic N) is 5. The van der Waals surface area contributed by atoms with E-state index in [0.29, 0.717) is 16.5 Å². The molecule has 172 valence electrons. The maximum absolute atomic E-state index is 13.6. The number of benzene rings is 2. The van der Waals surface area contributed by atoms with E-state index in [1.54, 1.807) is 12.1 Å².